The Balaban J connectivity index is 2.46. The first kappa shape index (κ1) is 18.6. The molecule has 0 radical (unpaired) electrons. The largest absolute Gasteiger partial charge is 0.405 e. The van der Waals surface area contributed by atoms with Gasteiger partial charge in [0.2, 0.25) is 11.8 Å². The highest BCUT2D eigenvalue weighted by Crippen LogP contribution is 2.29. The van der Waals surface area contributed by atoms with Gasteiger partial charge < -0.3 is 10.6 Å². The fourth-order valence-corrected chi connectivity index (χ4v) is 2.33. The smallest absolute Gasteiger partial charge is 0.347 e. The van der Waals surface area contributed by atoms with Crippen molar-refractivity contribution in [3.8, 4) is 0 Å². The van der Waals surface area contributed by atoms with E-state index in [1.807, 2.05) is 0 Å². The third kappa shape index (κ3) is 6.99. The molecule has 0 saturated heterocycles. The molecule has 0 aliphatic heterocycles. The first-order chi connectivity index (χ1) is 9.98. The molecule has 0 aromatic rings. The van der Waals surface area contributed by atoms with E-state index in [4.69, 9.17) is 0 Å². The van der Waals surface area contributed by atoms with E-state index < -0.39 is 49.1 Å². The first-order valence-electron chi connectivity index (χ1n) is 6.67. The molecule has 2 amide bonds. The quantitative estimate of drug-likeness (QED) is 0.774. The second-order valence-electron chi connectivity index (χ2n) is 5.23. The van der Waals surface area contributed by atoms with Crippen LogP contribution >= 0.6 is 0 Å². The van der Waals surface area contributed by atoms with Gasteiger partial charge in [-0.1, -0.05) is 6.42 Å². The van der Waals surface area contributed by atoms with Crippen LogP contribution in [0.5, 0.6) is 0 Å². The number of alkyl halides is 6. The number of halogens is 6. The number of hydrogen-bond donors (Lipinski definition) is 2. The summed E-state index contributed by atoms with van der Waals surface area (Å²) in [5.41, 5.74) is 0. The molecule has 2 atom stereocenters. The minimum Gasteiger partial charge on any atom is -0.347 e. The van der Waals surface area contributed by atoms with E-state index in [9.17, 15) is 35.9 Å². The van der Waals surface area contributed by atoms with Gasteiger partial charge in [-0.25, -0.2) is 0 Å². The lowest BCUT2D eigenvalue weighted by Crippen LogP contribution is -2.43. The molecule has 10 heteroatoms. The van der Waals surface area contributed by atoms with Crippen LogP contribution < -0.4 is 10.6 Å². The molecule has 0 aromatic carbocycles. The van der Waals surface area contributed by atoms with Gasteiger partial charge >= 0.3 is 12.4 Å². The number of rotatable bonds is 4. The van der Waals surface area contributed by atoms with Crippen LogP contribution in [0, 0.1) is 11.8 Å². The SMILES string of the molecule is O=C(NCC(F)(F)F)[C@@H]1CCC[C@@H](C(=O)NCC(F)(F)F)C1. The molecular formula is C12H16F6N2O2. The lowest BCUT2D eigenvalue weighted by molar-refractivity contribution is -0.144. The van der Waals surface area contributed by atoms with Crippen LogP contribution in [0.2, 0.25) is 0 Å². The average Bonchev–Trinajstić information content (AvgIpc) is 2.40. The van der Waals surface area contributed by atoms with Crippen molar-refractivity contribution in [2.45, 2.75) is 38.0 Å². The van der Waals surface area contributed by atoms with E-state index in [1.54, 1.807) is 10.6 Å². The summed E-state index contributed by atoms with van der Waals surface area (Å²) in [6.45, 7) is -2.93. The maximum atomic E-state index is 12.0. The third-order valence-corrected chi connectivity index (χ3v) is 3.34. The lowest BCUT2D eigenvalue weighted by atomic mass is 9.80. The summed E-state index contributed by atoms with van der Waals surface area (Å²) in [7, 11) is 0. The minimum atomic E-state index is -4.53. The second kappa shape index (κ2) is 7.19. The summed E-state index contributed by atoms with van der Waals surface area (Å²) in [6, 6.07) is 0. The Hall–Kier alpha value is -1.48. The van der Waals surface area contributed by atoms with E-state index in [0.717, 1.165) is 0 Å². The summed E-state index contributed by atoms with van der Waals surface area (Å²) >= 11 is 0. The van der Waals surface area contributed by atoms with Crippen molar-refractivity contribution in [3.05, 3.63) is 0 Å². The summed E-state index contributed by atoms with van der Waals surface area (Å²) in [4.78, 5) is 23.2. The Morgan fingerprint density at radius 2 is 1.18 bits per heavy atom. The molecule has 1 rings (SSSR count). The van der Waals surface area contributed by atoms with Crippen LogP contribution in [0.25, 0.3) is 0 Å². The predicted octanol–water partition coefficient (Wildman–Crippen LogP) is 2.15. The zero-order chi connectivity index (χ0) is 17.0. The van der Waals surface area contributed by atoms with Crippen LogP contribution in [-0.4, -0.2) is 37.3 Å². The topological polar surface area (TPSA) is 58.2 Å². The predicted molar refractivity (Wildman–Crippen MR) is 63.6 cm³/mol. The van der Waals surface area contributed by atoms with Gasteiger partial charge in [0.1, 0.15) is 13.1 Å². The zero-order valence-corrected chi connectivity index (χ0v) is 11.5. The molecule has 1 saturated carbocycles. The summed E-state index contributed by atoms with van der Waals surface area (Å²) in [6.07, 6.45) is -8.09. The first-order valence-corrected chi connectivity index (χ1v) is 6.67. The highest BCUT2D eigenvalue weighted by atomic mass is 19.4. The molecule has 1 aliphatic carbocycles. The third-order valence-electron chi connectivity index (χ3n) is 3.34. The van der Waals surface area contributed by atoms with Gasteiger partial charge in [0.15, 0.2) is 0 Å². The van der Waals surface area contributed by atoms with Crippen molar-refractivity contribution in [1.29, 1.82) is 0 Å². The Bertz CT molecular complexity index is 371. The van der Waals surface area contributed by atoms with Gasteiger partial charge in [0.25, 0.3) is 0 Å². The van der Waals surface area contributed by atoms with Crippen molar-refractivity contribution < 1.29 is 35.9 Å². The molecule has 128 valence electrons. The van der Waals surface area contributed by atoms with E-state index >= 15 is 0 Å². The molecule has 0 bridgehead atoms. The van der Waals surface area contributed by atoms with Gasteiger partial charge in [-0.05, 0) is 19.3 Å². The Kier molecular flexibility index (Phi) is 6.07. The lowest BCUT2D eigenvalue weighted by Gasteiger charge is -2.27. The highest BCUT2D eigenvalue weighted by Gasteiger charge is 2.35. The fourth-order valence-electron chi connectivity index (χ4n) is 2.33. The maximum Gasteiger partial charge on any atom is 0.405 e. The van der Waals surface area contributed by atoms with E-state index in [0.29, 0.717) is 19.3 Å². The standard InChI is InChI=1S/C12H16F6N2O2/c13-11(14,15)5-19-9(21)7-2-1-3-8(4-7)10(22)20-6-12(16,17)18/h7-8H,1-6H2,(H,19,21)(H,20,22)/t7-,8-/m1/s1. The summed E-state index contributed by atoms with van der Waals surface area (Å²) in [5.74, 6) is -3.24. The number of carbonyl (C=O) groups is 2. The molecular weight excluding hydrogens is 318 g/mol. The number of nitrogens with one attached hydrogen (secondary N) is 2. The molecule has 1 aliphatic rings. The fraction of sp³-hybridized carbons (Fsp3) is 0.833. The van der Waals surface area contributed by atoms with Crippen molar-refractivity contribution in [2.24, 2.45) is 11.8 Å². The van der Waals surface area contributed by atoms with E-state index in [1.165, 1.54) is 0 Å². The van der Waals surface area contributed by atoms with Gasteiger partial charge in [-0.15, -0.1) is 0 Å². The molecule has 1 fully saturated rings. The Morgan fingerprint density at radius 1 is 0.818 bits per heavy atom. The maximum absolute atomic E-state index is 12.0. The van der Waals surface area contributed by atoms with Gasteiger partial charge in [0.05, 0.1) is 0 Å². The molecule has 4 nitrogen and oxygen atoms in total. The van der Waals surface area contributed by atoms with Crippen LogP contribution in [0.4, 0.5) is 26.3 Å². The molecule has 0 heterocycles. The van der Waals surface area contributed by atoms with Crippen LogP contribution in [-0.2, 0) is 9.59 Å². The van der Waals surface area contributed by atoms with Crippen molar-refractivity contribution in [2.75, 3.05) is 13.1 Å². The van der Waals surface area contributed by atoms with Crippen LogP contribution in [0.15, 0.2) is 0 Å². The molecule has 2 N–H and O–H groups in total. The highest BCUT2D eigenvalue weighted by molar-refractivity contribution is 5.82. The Morgan fingerprint density at radius 3 is 1.50 bits per heavy atom. The zero-order valence-electron chi connectivity index (χ0n) is 11.5. The normalized spacial score (nSPS) is 23.0. The second-order valence-corrected chi connectivity index (χ2v) is 5.23. The number of carbonyl (C=O) groups excluding carboxylic acids is 2. The van der Waals surface area contributed by atoms with E-state index in [2.05, 4.69) is 0 Å². The molecule has 0 spiro atoms. The van der Waals surface area contributed by atoms with Gasteiger partial charge in [-0.3, -0.25) is 9.59 Å². The molecule has 0 unspecified atom stereocenters. The minimum absolute atomic E-state index is 0.0482. The van der Waals surface area contributed by atoms with Crippen molar-refractivity contribution in [3.63, 3.8) is 0 Å². The molecule has 22 heavy (non-hydrogen) atoms. The summed E-state index contributed by atoms with van der Waals surface area (Å²) < 4.78 is 72.1. The summed E-state index contributed by atoms with van der Waals surface area (Å²) in [5, 5.41) is 3.46. The van der Waals surface area contributed by atoms with Crippen LogP contribution in [0.3, 0.4) is 0 Å². The van der Waals surface area contributed by atoms with E-state index in [-0.39, 0.29) is 6.42 Å². The van der Waals surface area contributed by atoms with Gasteiger partial charge in [0, 0.05) is 11.8 Å². The Labute approximate surface area is 122 Å². The molecule has 0 aromatic heterocycles. The monoisotopic (exact) mass is 334 g/mol. The number of hydrogen-bond acceptors (Lipinski definition) is 2. The van der Waals surface area contributed by atoms with Gasteiger partial charge in [-0.2, -0.15) is 26.3 Å². The average molecular weight is 334 g/mol. The van der Waals surface area contributed by atoms with Crippen molar-refractivity contribution in [1.82, 2.24) is 10.6 Å². The van der Waals surface area contributed by atoms with Crippen LogP contribution in [0.1, 0.15) is 25.7 Å². The van der Waals surface area contributed by atoms with Crippen molar-refractivity contribution >= 4 is 11.8 Å². The number of amides is 2.